The van der Waals surface area contributed by atoms with Crippen LogP contribution in [0.4, 0.5) is 0 Å². The third kappa shape index (κ3) is 3.56. The smallest absolute Gasteiger partial charge is 0.271 e. The SMILES string of the molecule is CNC(=O)c1cc(Sc2ccc(Cl)nc2)n(-c2ccccc2Cl)n1. The number of hydrogen-bond acceptors (Lipinski definition) is 4. The summed E-state index contributed by atoms with van der Waals surface area (Å²) in [5.41, 5.74) is 1.00. The van der Waals surface area contributed by atoms with Gasteiger partial charge < -0.3 is 5.32 Å². The number of carbonyl (C=O) groups is 1. The Bertz CT molecular complexity index is 880. The van der Waals surface area contributed by atoms with Crippen molar-refractivity contribution < 1.29 is 4.79 Å². The Labute approximate surface area is 153 Å². The predicted molar refractivity (Wildman–Crippen MR) is 95.3 cm³/mol. The van der Waals surface area contributed by atoms with Crippen molar-refractivity contribution in [2.75, 3.05) is 7.05 Å². The summed E-state index contributed by atoms with van der Waals surface area (Å²) in [7, 11) is 1.56. The van der Waals surface area contributed by atoms with Crippen LogP contribution in [0.1, 0.15) is 10.5 Å². The molecule has 0 aliphatic rings. The molecule has 3 rings (SSSR count). The maximum atomic E-state index is 11.9. The minimum absolute atomic E-state index is 0.267. The lowest BCUT2D eigenvalue weighted by Crippen LogP contribution is -2.18. The van der Waals surface area contributed by atoms with Crippen LogP contribution in [-0.2, 0) is 0 Å². The highest BCUT2D eigenvalue weighted by atomic mass is 35.5. The van der Waals surface area contributed by atoms with Gasteiger partial charge >= 0.3 is 0 Å². The van der Waals surface area contributed by atoms with E-state index >= 15 is 0 Å². The molecule has 2 aromatic heterocycles. The number of rotatable bonds is 4. The molecule has 0 aliphatic carbocycles. The zero-order valence-corrected chi connectivity index (χ0v) is 14.9. The van der Waals surface area contributed by atoms with Crippen molar-refractivity contribution in [1.29, 1.82) is 0 Å². The standard InChI is InChI=1S/C16H12Cl2N4OS/c1-19-16(23)12-8-15(24-10-6-7-14(18)20-9-10)22(21-12)13-5-3-2-4-11(13)17/h2-9H,1H3,(H,19,23). The molecule has 1 aromatic carbocycles. The van der Waals surface area contributed by atoms with Gasteiger partial charge in [-0.15, -0.1) is 0 Å². The third-order valence-corrected chi connectivity index (χ3v) is 4.66. The molecular weight excluding hydrogens is 367 g/mol. The number of hydrogen-bond donors (Lipinski definition) is 1. The maximum absolute atomic E-state index is 11.9. The van der Waals surface area contributed by atoms with E-state index in [9.17, 15) is 4.79 Å². The van der Waals surface area contributed by atoms with Gasteiger partial charge in [-0.2, -0.15) is 5.10 Å². The van der Waals surface area contributed by atoms with Gasteiger partial charge in [0.15, 0.2) is 5.69 Å². The van der Waals surface area contributed by atoms with Crippen LogP contribution in [0.2, 0.25) is 10.2 Å². The van der Waals surface area contributed by atoms with E-state index in [4.69, 9.17) is 23.2 Å². The van der Waals surface area contributed by atoms with E-state index in [0.29, 0.717) is 21.6 Å². The van der Waals surface area contributed by atoms with Gasteiger partial charge in [0.25, 0.3) is 5.91 Å². The molecule has 0 atom stereocenters. The van der Waals surface area contributed by atoms with Crippen molar-refractivity contribution in [1.82, 2.24) is 20.1 Å². The van der Waals surface area contributed by atoms with Crippen LogP contribution in [0.25, 0.3) is 5.69 Å². The fourth-order valence-corrected chi connectivity index (χ4v) is 3.22. The predicted octanol–water partition coefficient (Wildman–Crippen LogP) is 4.08. The number of para-hydroxylation sites is 1. The minimum Gasteiger partial charge on any atom is -0.354 e. The molecular formula is C16H12Cl2N4OS. The lowest BCUT2D eigenvalue weighted by atomic mass is 10.3. The number of aromatic nitrogens is 3. The molecule has 1 N–H and O–H groups in total. The molecule has 0 radical (unpaired) electrons. The Morgan fingerprint density at radius 3 is 2.67 bits per heavy atom. The van der Waals surface area contributed by atoms with Crippen molar-refractivity contribution in [3.8, 4) is 5.69 Å². The first-order valence-electron chi connectivity index (χ1n) is 6.95. The van der Waals surface area contributed by atoms with Crippen molar-refractivity contribution >= 4 is 40.9 Å². The van der Waals surface area contributed by atoms with Gasteiger partial charge in [0.2, 0.25) is 0 Å². The molecule has 122 valence electrons. The van der Waals surface area contributed by atoms with Crippen LogP contribution >= 0.6 is 35.0 Å². The molecule has 5 nitrogen and oxygen atoms in total. The Morgan fingerprint density at radius 2 is 2.00 bits per heavy atom. The fourth-order valence-electron chi connectivity index (χ4n) is 2.02. The average molecular weight is 379 g/mol. The van der Waals surface area contributed by atoms with Crippen molar-refractivity contribution in [2.45, 2.75) is 9.92 Å². The Kier molecular flexibility index (Phi) is 5.08. The first kappa shape index (κ1) is 16.8. The Hall–Kier alpha value is -2.02. The minimum atomic E-state index is -0.267. The molecule has 0 unspecified atom stereocenters. The van der Waals surface area contributed by atoms with Crippen molar-refractivity contribution in [3.05, 3.63) is 64.5 Å². The van der Waals surface area contributed by atoms with E-state index in [0.717, 1.165) is 9.92 Å². The van der Waals surface area contributed by atoms with Crippen LogP contribution in [0.5, 0.6) is 0 Å². The number of benzene rings is 1. The average Bonchev–Trinajstić information content (AvgIpc) is 3.00. The molecule has 2 heterocycles. The summed E-state index contributed by atoms with van der Waals surface area (Å²) in [5, 5.41) is 8.66. The maximum Gasteiger partial charge on any atom is 0.271 e. The summed E-state index contributed by atoms with van der Waals surface area (Å²) in [6.45, 7) is 0. The second kappa shape index (κ2) is 7.25. The van der Waals surface area contributed by atoms with Gasteiger partial charge in [-0.05, 0) is 24.3 Å². The van der Waals surface area contributed by atoms with Gasteiger partial charge in [-0.3, -0.25) is 4.79 Å². The molecule has 24 heavy (non-hydrogen) atoms. The number of nitrogens with zero attached hydrogens (tertiary/aromatic N) is 3. The third-order valence-electron chi connectivity index (χ3n) is 3.14. The highest BCUT2D eigenvalue weighted by Crippen LogP contribution is 2.32. The highest BCUT2D eigenvalue weighted by Gasteiger charge is 2.17. The summed E-state index contributed by atoms with van der Waals surface area (Å²) in [5.74, 6) is -0.267. The van der Waals surface area contributed by atoms with Crippen molar-refractivity contribution in [2.24, 2.45) is 0 Å². The molecule has 0 saturated carbocycles. The normalized spacial score (nSPS) is 10.6. The monoisotopic (exact) mass is 378 g/mol. The second-order valence-corrected chi connectivity index (χ2v) is 6.62. The lowest BCUT2D eigenvalue weighted by Gasteiger charge is -2.08. The molecule has 0 spiro atoms. The number of amides is 1. The fraction of sp³-hybridized carbons (Fsp3) is 0.0625. The number of halogens is 2. The Morgan fingerprint density at radius 1 is 1.21 bits per heavy atom. The highest BCUT2D eigenvalue weighted by molar-refractivity contribution is 7.99. The van der Waals surface area contributed by atoms with Gasteiger partial charge in [-0.1, -0.05) is 47.1 Å². The number of carbonyl (C=O) groups excluding carboxylic acids is 1. The topological polar surface area (TPSA) is 59.8 Å². The van der Waals surface area contributed by atoms with Crippen molar-refractivity contribution in [3.63, 3.8) is 0 Å². The Balaban J connectivity index is 2.06. The molecule has 0 aliphatic heterocycles. The van der Waals surface area contributed by atoms with Crippen LogP contribution in [0, 0.1) is 0 Å². The van der Waals surface area contributed by atoms with Crippen LogP contribution in [0.3, 0.4) is 0 Å². The molecule has 8 heteroatoms. The number of pyridine rings is 1. The van der Waals surface area contributed by atoms with E-state index in [-0.39, 0.29) is 5.91 Å². The van der Waals surface area contributed by atoms with E-state index < -0.39 is 0 Å². The quantitative estimate of drug-likeness (QED) is 0.694. The molecule has 0 saturated heterocycles. The summed E-state index contributed by atoms with van der Waals surface area (Å²) >= 11 is 13.5. The summed E-state index contributed by atoms with van der Waals surface area (Å²) in [4.78, 5) is 16.9. The molecule has 1 amide bonds. The summed E-state index contributed by atoms with van der Waals surface area (Å²) in [6.07, 6.45) is 1.66. The van der Waals surface area contributed by atoms with Crippen LogP contribution < -0.4 is 5.32 Å². The van der Waals surface area contributed by atoms with Gasteiger partial charge in [0.05, 0.1) is 10.7 Å². The number of nitrogens with one attached hydrogen (secondary N) is 1. The van der Waals surface area contributed by atoms with E-state index in [2.05, 4.69) is 15.4 Å². The molecule has 0 fully saturated rings. The molecule has 3 aromatic rings. The second-order valence-electron chi connectivity index (χ2n) is 4.73. The lowest BCUT2D eigenvalue weighted by molar-refractivity contribution is 0.0957. The van der Waals surface area contributed by atoms with Crippen LogP contribution in [0.15, 0.2) is 58.6 Å². The van der Waals surface area contributed by atoms with Gasteiger partial charge in [0, 0.05) is 24.2 Å². The van der Waals surface area contributed by atoms with E-state index in [1.54, 1.807) is 36.1 Å². The van der Waals surface area contributed by atoms with Crippen LogP contribution in [-0.4, -0.2) is 27.7 Å². The zero-order valence-electron chi connectivity index (χ0n) is 12.5. The van der Waals surface area contributed by atoms with E-state index in [1.807, 2.05) is 24.3 Å². The van der Waals surface area contributed by atoms with Gasteiger partial charge in [-0.25, -0.2) is 9.67 Å². The zero-order chi connectivity index (χ0) is 17.1. The van der Waals surface area contributed by atoms with Gasteiger partial charge in [0.1, 0.15) is 10.2 Å². The first-order valence-corrected chi connectivity index (χ1v) is 8.52. The first-order chi connectivity index (χ1) is 11.6. The molecule has 0 bridgehead atoms. The largest absolute Gasteiger partial charge is 0.354 e. The van der Waals surface area contributed by atoms with E-state index in [1.165, 1.54) is 11.8 Å². The summed E-state index contributed by atoms with van der Waals surface area (Å²) < 4.78 is 1.65. The summed E-state index contributed by atoms with van der Waals surface area (Å²) in [6, 6.07) is 12.6.